The van der Waals surface area contributed by atoms with Crippen LogP contribution in [-0.2, 0) is 4.79 Å². The van der Waals surface area contributed by atoms with E-state index >= 15 is 0 Å². The Morgan fingerprint density at radius 3 is 2.30 bits per heavy atom. The normalized spacial score (nSPS) is 14.0. The van der Waals surface area contributed by atoms with Crippen LogP contribution in [0.1, 0.15) is 6.42 Å². The van der Waals surface area contributed by atoms with Gasteiger partial charge in [0.1, 0.15) is 0 Å². The second-order valence-electron chi connectivity index (χ2n) is 4.77. The highest BCUT2D eigenvalue weighted by molar-refractivity contribution is 5.86. The first-order valence-corrected chi connectivity index (χ1v) is 7.00. The van der Waals surface area contributed by atoms with Gasteiger partial charge in [0.25, 0.3) is 0 Å². The summed E-state index contributed by atoms with van der Waals surface area (Å²) in [5, 5.41) is 2.87. The molecule has 23 heavy (non-hydrogen) atoms. The third-order valence-corrected chi connectivity index (χ3v) is 3.33. The maximum absolute atomic E-state index is 11.3. The molecule has 0 spiro atoms. The molecule has 3 N–H and O–H groups in total. The number of amides is 1. The van der Waals surface area contributed by atoms with E-state index in [4.69, 9.17) is 5.73 Å². The third-order valence-electron chi connectivity index (χ3n) is 3.33. The predicted molar refractivity (Wildman–Crippen MR) is 99.1 cm³/mol. The van der Waals surface area contributed by atoms with Crippen molar-refractivity contribution in [2.75, 3.05) is 50.7 Å². The fourth-order valence-corrected chi connectivity index (χ4v) is 2.20. The molecular formula is C13H25Cl3N6O. The highest BCUT2D eigenvalue weighted by atomic mass is 35.5. The number of aromatic nitrogens is 2. The fourth-order valence-electron chi connectivity index (χ4n) is 2.20. The van der Waals surface area contributed by atoms with E-state index in [0.29, 0.717) is 19.5 Å². The average molecular weight is 388 g/mol. The zero-order chi connectivity index (χ0) is 14.2. The molecule has 7 nitrogen and oxygen atoms in total. The number of nitrogens with two attached hydrogens (primary N) is 1. The molecule has 0 aromatic carbocycles. The summed E-state index contributed by atoms with van der Waals surface area (Å²) in [5.74, 6) is 0.826. The topological polar surface area (TPSA) is 87.4 Å². The van der Waals surface area contributed by atoms with Gasteiger partial charge in [0, 0.05) is 64.6 Å². The summed E-state index contributed by atoms with van der Waals surface area (Å²) in [4.78, 5) is 24.3. The molecule has 2 rings (SSSR count). The molecule has 0 bridgehead atoms. The van der Waals surface area contributed by atoms with Crippen LogP contribution >= 0.6 is 37.2 Å². The van der Waals surface area contributed by atoms with E-state index in [1.807, 2.05) is 6.07 Å². The van der Waals surface area contributed by atoms with Crippen LogP contribution in [0.15, 0.2) is 18.5 Å². The molecule has 0 saturated carbocycles. The van der Waals surface area contributed by atoms with Gasteiger partial charge >= 0.3 is 0 Å². The SMILES string of the molecule is Cl.Cl.Cl.NCCC(=O)NCCN1CCN(c2ncccn2)CC1. The van der Waals surface area contributed by atoms with Crippen LogP contribution in [0.4, 0.5) is 5.95 Å². The second kappa shape index (κ2) is 13.6. The largest absolute Gasteiger partial charge is 0.355 e. The minimum Gasteiger partial charge on any atom is -0.355 e. The molecule has 1 aliphatic rings. The Morgan fingerprint density at radius 2 is 1.74 bits per heavy atom. The number of halogens is 3. The Morgan fingerprint density at radius 1 is 1.13 bits per heavy atom. The number of nitrogens with one attached hydrogen (secondary N) is 1. The van der Waals surface area contributed by atoms with Gasteiger partial charge in [0.2, 0.25) is 11.9 Å². The lowest BCUT2D eigenvalue weighted by Gasteiger charge is -2.34. The Hall–Kier alpha value is -0.860. The van der Waals surface area contributed by atoms with E-state index in [0.717, 1.165) is 38.7 Å². The van der Waals surface area contributed by atoms with Crippen molar-refractivity contribution in [3.8, 4) is 0 Å². The number of carbonyl (C=O) groups excluding carboxylic acids is 1. The summed E-state index contributed by atoms with van der Waals surface area (Å²) in [6, 6.07) is 1.82. The van der Waals surface area contributed by atoms with Crippen LogP contribution in [0.25, 0.3) is 0 Å². The van der Waals surface area contributed by atoms with Gasteiger partial charge in [-0.1, -0.05) is 0 Å². The first-order valence-electron chi connectivity index (χ1n) is 7.00. The van der Waals surface area contributed by atoms with Gasteiger partial charge in [-0.05, 0) is 6.07 Å². The van der Waals surface area contributed by atoms with Crippen LogP contribution in [0.3, 0.4) is 0 Å². The fraction of sp³-hybridized carbons (Fsp3) is 0.615. The van der Waals surface area contributed by atoms with Gasteiger partial charge in [-0.2, -0.15) is 0 Å². The van der Waals surface area contributed by atoms with Crippen molar-refractivity contribution in [1.29, 1.82) is 0 Å². The molecule has 1 aromatic rings. The summed E-state index contributed by atoms with van der Waals surface area (Å²) < 4.78 is 0. The maximum atomic E-state index is 11.3. The zero-order valence-corrected chi connectivity index (χ0v) is 15.3. The second-order valence-corrected chi connectivity index (χ2v) is 4.77. The molecule has 1 aromatic heterocycles. The van der Waals surface area contributed by atoms with Gasteiger partial charge in [0.15, 0.2) is 0 Å². The molecule has 10 heteroatoms. The van der Waals surface area contributed by atoms with Crippen LogP contribution in [0.2, 0.25) is 0 Å². The minimum absolute atomic E-state index is 0. The van der Waals surface area contributed by atoms with Crippen LogP contribution in [0.5, 0.6) is 0 Å². The van der Waals surface area contributed by atoms with Crippen molar-refractivity contribution < 1.29 is 4.79 Å². The Kier molecular flexibility index (Phi) is 14.4. The molecule has 134 valence electrons. The Bertz CT molecular complexity index is 417. The monoisotopic (exact) mass is 386 g/mol. The lowest BCUT2D eigenvalue weighted by Crippen LogP contribution is -2.49. The van der Waals surface area contributed by atoms with Gasteiger partial charge < -0.3 is 16.0 Å². The molecule has 1 fully saturated rings. The van der Waals surface area contributed by atoms with E-state index in [1.54, 1.807) is 12.4 Å². The minimum atomic E-state index is 0. The van der Waals surface area contributed by atoms with E-state index in [2.05, 4.69) is 25.1 Å². The van der Waals surface area contributed by atoms with E-state index in [-0.39, 0.29) is 43.1 Å². The lowest BCUT2D eigenvalue weighted by molar-refractivity contribution is -0.120. The first-order chi connectivity index (χ1) is 9.79. The summed E-state index contributed by atoms with van der Waals surface area (Å²) >= 11 is 0. The zero-order valence-electron chi connectivity index (χ0n) is 12.9. The number of nitrogens with zero attached hydrogens (tertiary/aromatic N) is 4. The van der Waals surface area contributed by atoms with Gasteiger partial charge in [0.05, 0.1) is 0 Å². The molecule has 0 atom stereocenters. The summed E-state index contributed by atoms with van der Waals surface area (Å²) in [5.41, 5.74) is 5.33. The van der Waals surface area contributed by atoms with Crippen molar-refractivity contribution in [2.24, 2.45) is 5.73 Å². The summed E-state index contributed by atoms with van der Waals surface area (Å²) in [6.07, 6.45) is 3.93. The molecule has 2 heterocycles. The van der Waals surface area contributed by atoms with Crippen molar-refractivity contribution >= 4 is 49.1 Å². The molecule has 1 aliphatic heterocycles. The first kappa shape index (κ1) is 24.4. The van der Waals surface area contributed by atoms with Crippen molar-refractivity contribution in [3.63, 3.8) is 0 Å². The van der Waals surface area contributed by atoms with Crippen LogP contribution in [0, 0.1) is 0 Å². The average Bonchev–Trinajstić information content (AvgIpc) is 2.49. The molecule has 0 aliphatic carbocycles. The summed E-state index contributed by atoms with van der Waals surface area (Å²) in [7, 11) is 0. The molecule has 0 unspecified atom stereocenters. The number of carbonyl (C=O) groups is 1. The summed E-state index contributed by atoms with van der Waals surface area (Å²) in [6.45, 7) is 5.72. The van der Waals surface area contributed by atoms with Gasteiger partial charge in [-0.25, -0.2) is 9.97 Å². The van der Waals surface area contributed by atoms with Crippen LogP contribution in [-0.4, -0.2) is 66.6 Å². The molecule has 1 amide bonds. The lowest BCUT2D eigenvalue weighted by atomic mass is 10.3. The Labute approximate surface area is 155 Å². The van der Waals surface area contributed by atoms with E-state index in [9.17, 15) is 4.79 Å². The van der Waals surface area contributed by atoms with E-state index < -0.39 is 0 Å². The van der Waals surface area contributed by atoms with Gasteiger partial charge in [-0.15, -0.1) is 37.2 Å². The number of hydrogen-bond donors (Lipinski definition) is 2. The standard InChI is InChI=1S/C13H22N6O.3ClH/c14-3-2-12(20)15-6-7-18-8-10-19(11-9-18)13-16-4-1-5-17-13;;;/h1,4-5H,2-3,6-11,14H2,(H,15,20);3*1H. The Balaban J connectivity index is 0. The van der Waals surface area contributed by atoms with Crippen molar-refractivity contribution in [2.45, 2.75) is 6.42 Å². The van der Waals surface area contributed by atoms with Crippen molar-refractivity contribution in [1.82, 2.24) is 20.2 Å². The number of anilines is 1. The third kappa shape index (κ3) is 8.53. The van der Waals surface area contributed by atoms with Crippen molar-refractivity contribution in [3.05, 3.63) is 18.5 Å². The molecule has 0 radical (unpaired) electrons. The smallest absolute Gasteiger partial charge is 0.225 e. The number of hydrogen-bond acceptors (Lipinski definition) is 6. The number of piperazine rings is 1. The van der Waals surface area contributed by atoms with Crippen LogP contribution < -0.4 is 16.0 Å². The highest BCUT2D eigenvalue weighted by Crippen LogP contribution is 2.08. The quantitative estimate of drug-likeness (QED) is 0.731. The van der Waals surface area contributed by atoms with E-state index in [1.165, 1.54) is 0 Å². The molecular weight excluding hydrogens is 363 g/mol. The number of rotatable bonds is 6. The molecule has 1 saturated heterocycles. The highest BCUT2D eigenvalue weighted by Gasteiger charge is 2.18. The maximum Gasteiger partial charge on any atom is 0.225 e. The van der Waals surface area contributed by atoms with Gasteiger partial charge in [-0.3, -0.25) is 9.69 Å². The predicted octanol–water partition coefficient (Wildman–Crippen LogP) is 0.329.